The minimum absolute atomic E-state index is 0.0538. The highest BCUT2D eigenvalue weighted by atomic mass is 16.6. The second-order valence-corrected chi connectivity index (χ2v) is 7.79. The summed E-state index contributed by atoms with van der Waals surface area (Å²) in [6.45, 7) is 1.21. The van der Waals surface area contributed by atoms with Crippen molar-refractivity contribution >= 4 is 6.09 Å². The first kappa shape index (κ1) is 17.9. The molecule has 1 aliphatic carbocycles. The number of amides is 1. The minimum atomic E-state index is -0.962. The Balaban J connectivity index is 1.25. The number of nitrogens with zero attached hydrogens (tertiary/aromatic N) is 2. The normalized spacial score (nSPS) is 17.6. The van der Waals surface area contributed by atoms with Crippen LogP contribution in [0.5, 0.6) is 0 Å². The second kappa shape index (κ2) is 7.04. The van der Waals surface area contributed by atoms with Gasteiger partial charge in [0.25, 0.3) is 0 Å². The van der Waals surface area contributed by atoms with E-state index < -0.39 is 5.60 Å². The van der Waals surface area contributed by atoms with Gasteiger partial charge in [-0.05, 0) is 35.1 Å². The summed E-state index contributed by atoms with van der Waals surface area (Å²) in [6, 6.07) is 16.6. The molecule has 1 fully saturated rings. The van der Waals surface area contributed by atoms with E-state index in [4.69, 9.17) is 4.74 Å². The number of piperidine rings is 1. The molecule has 1 aromatic heterocycles. The van der Waals surface area contributed by atoms with Crippen LogP contribution in [0, 0.1) is 0 Å². The molecule has 2 aromatic carbocycles. The number of ether oxygens (including phenoxy) is 1. The number of H-pyrrole nitrogens is 1. The van der Waals surface area contributed by atoms with Gasteiger partial charge in [-0.15, -0.1) is 0 Å². The summed E-state index contributed by atoms with van der Waals surface area (Å²) in [5.41, 5.74) is 4.57. The molecule has 2 heterocycles. The molecular weight excluding hydrogens is 366 g/mol. The standard InChI is InChI=1S/C23H23N3O3/c27-22(26-11-9-23(28,10-12-26)21-13-24-15-25-21)29-14-20-18-7-3-1-5-16(18)17-6-2-4-8-19(17)20/h1-8,13,15,20,28H,9-12,14H2,(H,24,25). The van der Waals surface area contributed by atoms with Gasteiger partial charge in [-0.1, -0.05) is 48.5 Å². The Morgan fingerprint density at radius 1 is 1.10 bits per heavy atom. The highest BCUT2D eigenvalue weighted by Gasteiger charge is 2.37. The Labute approximate surface area is 169 Å². The minimum Gasteiger partial charge on any atom is -0.448 e. The molecule has 1 saturated heterocycles. The fraction of sp³-hybridized carbons (Fsp3) is 0.304. The topological polar surface area (TPSA) is 78.4 Å². The number of imidazole rings is 1. The maximum absolute atomic E-state index is 12.7. The number of benzene rings is 2. The van der Waals surface area contributed by atoms with Crippen LogP contribution in [0.15, 0.2) is 61.1 Å². The van der Waals surface area contributed by atoms with Crippen molar-refractivity contribution in [3.05, 3.63) is 77.9 Å². The van der Waals surface area contributed by atoms with Crippen molar-refractivity contribution in [1.82, 2.24) is 14.9 Å². The van der Waals surface area contributed by atoms with E-state index in [2.05, 4.69) is 34.2 Å². The lowest BCUT2D eigenvalue weighted by molar-refractivity contribution is -0.0279. The number of aliphatic hydroxyl groups is 1. The van der Waals surface area contributed by atoms with E-state index in [1.165, 1.54) is 22.3 Å². The van der Waals surface area contributed by atoms with Crippen LogP contribution in [0.25, 0.3) is 11.1 Å². The highest BCUT2D eigenvalue weighted by molar-refractivity contribution is 5.79. The van der Waals surface area contributed by atoms with Gasteiger partial charge in [-0.2, -0.15) is 0 Å². The molecule has 3 aromatic rings. The Bertz CT molecular complexity index is 978. The lowest BCUT2D eigenvalue weighted by Gasteiger charge is -2.37. The van der Waals surface area contributed by atoms with Gasteiger partial charge in [0.05, 0.1) is 18.2 Å². The van der Waals surface area contributed by atoms with Gasteiger partial charge in [0.1, 0.15) is 12.2 Å². The van der Waals surface area contributed by atoms with E-state index in [9.17, 15) is 9.90 Å². The summed E-state index contributed by atoms with van der Waals surface area (Å²) >= 11 is 0. The molecule has 0 bridgehead atoms. The van der Waals surface area contributed by atoms with E-state index >= 15 is 0 Å². The molecule has 0 unspecified atom stereocenters. The zero-order valence-electron chi connectivity index (χ0n) is 16.0. The summed E-state index contributed by atoms with van der Waals surface area (Å²) < 4.78 is 5.72. The van der Waals surface area contributed by atoms with Gasteiger partial charge in [0.2, 0.25) is 0 Å². The number of aromatic amines is 1. The first-order valence-electron chi connectivity index (χ1n) is 9.97. The Hall–Kier alpha value is -3.12. The molecule has 0 atom stereocenters. The summed E-state index contributed by atoms with van der Waals surface area (Å²) in [6.07, 6.45) is 3.80. The van der Waals surface area contributed by atoms with E-state index in [0.29, 0.717) is 38.2 Å². The summed E-state index contributed by atoms with van der Waals surface area (Å²) in [4.78, 5) is 21.3. The van der Waals surface area contributed by atoms with Gasteiger partial charge >= 0.3 is 6.09 Å². The van der Waals surface area contributed by atoms with Crippen LogP contribution < -0.4 is 0 Å². The van der Waals surface area contributed by atoms with Crippen molar-refractivity contribution in [1.29, 1.82) is 0 Å². The fourth-order valence-corrected chi connectivity index (χ4v) is 4.52. The Morgan fingerprint density at radius 2 is 1.72 bits per heavy atom. The first-order valence-corrected chi connectivity index (χ1v) is 9.97. The number of carbonyl (C=O) groups is 1. The first-order chi connectivity index (χ1) is 14.2. The average Bonchev–Trinajstić information content (AvgIpc) is 3.40. The third-order valence-corrected chi connectivity index (χ3v) is 6.18. The van der Waals surface area contributed by atoms with Crippen LogP contribution in [0.2, 0.25) is 0 Å². The number of aromatic nitrogens is 2. The van der Waals surface area contributed by atoms with Crippen molar-refractivity contribution < 1.29 is 14.6 Å². The molecule has 148 valence electrons. The smallest absolute Gasteiger partial charge is 0.409 e. The molecule has 2 N–H and O–H groups in total. The maximum atomic E-state index is 12.7. The summed E-state index contributed by atoms with van der Waals surface area (Å²) in [5, 5.41) is 10.8. The number of hydrogen-bond donors (Lipinski definition) is 2. The highest BCUT2D eigenvalue weighted by Crippen LogP contribution is 2.44. The van der Waals surface area contributed by atoms with Crippen LogP contribution in [0.1, 0.15) is 35.6 Å². The lowest BCUT2D eigenvalue weighted by atomic mass is 9.89. The van der Waals surface area contributed by atoms with Gasteiger partial charge in [-0.25, -0.2) is 9.78 Å². The molecule has 5 rings (SSSR count). The largest absolute Gasteiger partial charge is 0.448 e. The molecule has 0 saturated carbocycles. The molecule has 1 aliphatic heterocycles. The van der Waals surface area contributed by atoms with Gasteiger partial charge in [-0.3, -0.25) is 0 Å². The van der Waals surface area contributed by atoms with Crippen molar-refractivity contribution in [2.75, 3.05) is 19.7 Å². The summed E-state index contributed by atoms with van der Waals surface area (Å²) in [7, 11) is 0. The van der Waals surface area contributed by atoms with Gasteiger partial charge in [0.15, 0.2) is 0 Å². The zero-order valence-corrected chi connectivity index (χ0v) is 16.0. The number of fused-ring (bicyclic) bond motifs is 3. The number of hydrogen-bond acceptors (Lipinski definition) is 4. The van der Waals surface area contributed by atoms with Crippen molar-refractivity contribution in [3.63, 3.8) is 0 Å². The van der Waals surface area contributed by atoms with Crippen LogP contribution in [0.4, 0.5) is 4.79 Å². The van der Waals surface area contributed by atoms with Crippen molar-refractivity contribution in [2.24, 2.45) is 0 Å². The molecule has 1 amide bonds. The molecule has 0 spiro atoms. The summed E-state index contributed by atoms with van der Waals surface area (Å²) in [5.74, 6) is 0.0538. The molecule has 2 aliphatic rings. The second-order valence-electron chi connectivity index (χ2n) is 7.79. The number of nitrogens with one attached hydrogen (secondary N) is 1. The van der Waals surface area contributed by atoms with Crippen LogP contribution in [0.3, 0.4) is 0 Å². The number of rotatable bonds is 3. The van der Waals surface area contributed by atoms with Crippen LogP contribution >= 0.6 is 0 Å². The molecule has 6 nitrogen and oxygen atoms in total. The third kappa shape index (κ3) is 3.09. The fourth-order valence-electron chi connectivity index (χ4n) is 4.52. The van der Waals surface area contributed by atoms with E-state index in [1.807, 2.05) is 24.3 Å². The SMILES string of the molecule is O=C(OCC1c2ccccc2-c2ccccc21)N1CCC(O)(c2cnc[nH]2)CC1. The third-order valence-electron chi connectivity index (χ3n) is 6.18. The average molecular weight is 389 g/mol. The van der Waals surface area contributed by atoms with Crippen molar-refractivity contribution in [3.8, 4) is 11.1 Å². The predicted octanol–water partition coefficient (Wildman–Crippen LogP) is 3.64. The van der Waals surface area contributed by atoms with Crippen LogP contribution in [-0.2, 0) is 10.3 Å². The predicted molar refractivity (Wildman–Crippen MR) is 108 cm³/mol. The van der Waals surface area contributed by atoms with E-state index in [1.54, 1.807) is 17.4 Å². The zero-order chi connectivity index (χ0) is 19.8. The van der Waals surface area contributed by atoms with Gasteiger partial charge in [0, 0.05) is 19.0 Å². The molecule has 0 radical (unpaired) electrons. The van der Waals surface area contributed by atoms with E-state index in [0.717, 1.165) is 0 Å². The lowest BCUT2D eigenvalue weighted by Crippen LogP contribution is -2.45. The van der Waals surface area contributed by atoms with E-state index in [-0.39, 0.29) is 12.0 Å². The number of carbonyl (C=O) groups excluding carboxylic acids is 1. The maximum Gasteiger partial charge on any atom is 0.409 e. The quantitative estimate of drug-likeness (QED) is 0.717. The van der Waals surface area contributed by atoms with Gasteiger partial charge < -0.3 is 19.7 Å². The Kier molecular flexibility index (Phi) is 4.36. The Morgan fingerprint density at radius 3 is 2.31 bits per heavy atom. The molecular formula is C23H23N3O3. The van der Waals surface area contributed by atoms with Crippen LogP contribution in [-0.4, -0.2) is 45.8 Å². The number of likely N-dealkylation sites (tertiary alicyclic amines) is 1. The van der Waals surface area contributed by atoms with Crippen molar-refractivity contribution in [2.45, 2.75) is 24.4 Å². The molecule has 29 heavy (non-hydrogen) atoms. The molecule has 6 heteroatoms. The monoisotopic (exact) mass is 389 g/mol.